The lowest BCUT2D eigenvalue weighted by atomic mass is 9.72. The van der Waals surface area contributed by atoms with Crippen LogP contribution in [-0.2, 0) is 5.41 Å². The van der Waals surface area contributed by atoms with Gasteiger partial charge in [-0.15, -0.1) is 13.2 Å². The van der Waals surface area contributed by atoms with E-state index in [2.05, 4.69) is 87.5 Å². The highest BCUT2D eigenvalue weighted by molar-refractivity contribution is 9.24. The molecule has 0 aliphatic heterocycles. The predicted molar refractivity (Wildman–Crippen MR) is 103 cm³/mol. The van der Waals surface area contributed by atoms with Crippen LogP contribution in [0.25, 0.3) is 11.1 Å². The van der Waals surface area contributed by atoms with E-state index in [-0.39, 0.29) is 9.15 Å². The number of halogens is 2. The van der Waals surface area contributed by atoms with E-state index in [1.54, 1.807) is 0 Å². The first-order chi connectivity index (χ1) is 10.6. The minimum Gasteiger partial charge on any atom is -0.103 e. The lowest BCUT2D eigenvalue weighted by Gasteiger charge is -2.30. The SMILES string of the molecule is C=CCC1(CC=C)c2ccccc2-c2ccc(C(Br)Br)cc21. The molecule has 0 saturated carbocycles. The van der Waals surface area contributed by atoms with Crippen LogP contribution in [0, 0.1) is 0 Å². The van der Waals surface area contributed by atoms with Gasteiger partial charge in [-0.25, -0.2) is 0 Å². The van der Waals surface area contributed by atoms with Crippen molar-refractivity contribution >= 4 is 31.9 Å². The Morgan fingerprint density at radius 3 is 2.18 bits per heavy atom. The van der Waals surface area contributed by atoms with E-state index in [4.69, 9.17) is 0 Å². The van der Waals surface area contributed by atoms with Crippen LogP contribution >= 0.6 is 31.9 Å². The van der Waals surface area contributed by atoms with Gasteiger partial charge >= 0.3 is 0 Å². The Morgan fingerprint density at radius 1 is 0.909 bits per heavy atom. The monoisotopic (exact) mass is 416 g/mol. The third kappa shape index (κ3) is 2.33. The molecule has 0 unspecified atom stereocenters. The minimum absolute atomic E-state index is 0.0413. The zero-order valence-electron chi connectivity index (χ0n) is 12.4. The zero-order valence-corrected chi connectivity index (χ0v) is 15.5. The summed E-state index contributed by atoms with van der Waals surface area (Å²) in [5.41, 5.74) is 6.65. The quantitative estimate of drug-likeness (QED) is 0.366. The van der Waals surface area contributed by atoms with Crippen molar-refractivity contribution in [3.63, 3.8) is 0 Å². The number of hydrogen-bond acceptors (Lipinski definition) is 0. The van der Waals surface area contributed by atoms with E-state index in [9.17, 15) is 0 Å². The van der Waals surface area contributed by atoms with E-state index >= 15 is 0 Å². The zero-order chi connectivity index (χ0) is 15.7. The van der Waals surface area contributed by atoms with Gasteiger partial charge in [-0.05, 0) is 40.7 Å². The summed E-state index contributed by atoms with van der Waals surface area (Å²) >= 11 is 7.24. The van der Waals surface area contributed by atoms with Crippen molar-refractivity contribution in [3.05, 3.63) is 84.5 Å². The molecule has 0 atom stereocenters. The van der Waals surface area contributed by atoms with Gasteiger partial charge in [-0.3, -0.25) is 0 Å². The van der Waals surface area contributed by atoms with E-state index in [1.807, 2.05) is 12.2 Å². The van der Waals surface area contributed by atoms with Gasteiger partial charge in [0.05, 0.1) is 3.74 Å². The summed E-state index contributed by atoms with van der Waals surface area (Å²) in [7, 11) is 0. The molecular formula is C20H18Br2. The molecule has 1 aliphatic carbocycles. The molecule has 1 aliphatic rings. The number of benzene rings is 2. The van der Waals surface area contributed by atoms with Crippen molar-refractivity contribution in [1.82, 2.24) is 0 Å². The molecular weight excluding hydrogens is 400 g/mol. The smallest absolute Gasteiger partial charge is 0.0946 e. The summed E-state index contributed by atoms with van der Waals surface area (Å²) in [6.07, 6.45) is 5.90. The van der Waals surface area contributed by atoms with Crippen LogP contribution in [0.1, 0.15) is 33.3 Å². The van der Waals surface area contributed by atoms with Gasteiger partial charge in [0, 0.05) is 5.41 Å². The van der Waals surface area contributed by atoms with Crippen LogP contribution in [0.15, 0.2) is 67.8 Å². The van der Waals surface area contributed by atoms with Gasteiger partial charge in [0.2, 0.25) is 0 Å². The first kappa shape index (κ1) is 15.8. The summed E-state index contributed by atoms with van der Waals surface area (Å²) in [5, 5.41) is 0. The number of rotatable bonds is 5. The largest absolute Gasteiger partial charge is 0.103 e. The molecule has 0 radical (unpaired) electrons. The second kappa shape index (κ2) is 6.17. The summed E-state index contributed by atoms with van der Waals surface area (Å²) in [6.45, 7) is 8.00. The second-order valence-corrected chi connectivity index (χ2v) is 8.78. The molecule has 0 spiro atoms. The fourth-order valence-corrected chi connectivity index (χ4v) is 4.19. The average Bonchev–Trinajstić information content (AvgIpc) is 2.79. The molecule has 2 aromatic rings. The van der Waals surface area contributed by atoms with Crippen molar-refractivity contribution in [3.8, 4) is 11.1 Å². The maximum atomic E-state index is 4.00. The molecule has 0 saturated heterocycles. The Labute approximate surface area is 149 Å². The van der Waals surface area contributed by atoms with Gasteiger partial charge in [0.15, 0.2) is 0 Å². The van der Waals surface area contributed by atoms with Gasteiger partial charge in [0.1, 0.15) is 0 Å². The van der Waals surface area contributed by atoms with Crippen LogP contribution < -0.4 is 0 Å². The Hall–Kier alpha value is -1.12. The van der Waals surface area contributed by atoms with E-state index in [0.29, 0.717) is 0 Å². The van der Waals surface area contributed by atoms with E-state index < -0.39 is 0 Å². The van der Waals surface area contributed by atoms with Crippen LogP contribution in [0.3, 0.4) is 0 Å². The number of hydrogen-bond donors (Lipinski definition) is 0. The molecule has 0 bridgehead atoms. The van der Waals surface area contributed by atoms with Crippen molar-refractivity contribution in [2.24, 2.45) is 0 Å². The van der Waals surface area contributed by atoms with Crippen molar-refractivity contribution < 1.29 is 0 Å². The van der Waals surface area contributed by atoms with E-state index in [1.165, 1.54) is 27.8 Å². The predicted octanol–water partition coefficient (Wildman–Crippen LogP) is 6.89. The molecule has 3 rings (SSSR count). The molecule has 112 valence electrons. The molecule has 2 heteroatoms. The molecule has 22 heavy (non-hydrogen) atoms. The summed E-state index contributed by atoms with van der Waals surface area (Å²) < 4.78 is 0.166. The molecule has 2 aromatic carbocycles. The Balaban J connectivity index is 2.32. The third-order valence-corrected chi connectivity index (χ3v) is 5.59. The molecule has 0 nitrogen and oxygen atoms in total. The lowest BCUT2D eigenvalue weighted by Crippen LogP contribution is -2.23. The first-order valence-corrected chi connectivity index (χ1v) is 9.21. The standard InChI is InChI=1S/C20H18Br2/c1-3-11-20(12-4-2)17-8-6-5-7-15(17)16-10-9-14(19(21)22)13-18(16)20/h3-10,13,19H,1-2,11-12H2. The lowest BCUT2D eigenvalue weighted by molar-refractivity contribution is 0.543. The van der Waals surface area contributed by atoms with Crippen LogP contribution in [0.4, 0.5) is 0 Å². The molecule has 0 amide bonds. The Kier molecular flexibility index (Phi) is 4.42. The molecule has 0 aromatic heterocycles. The van der Waals surface area contributed by atoms with Crippen LogP contribution in [0.2, 0.25) is 0 Å². The average molecular weight is 418 g/mol. The molecule has 0 fully saturated rings. The maximum absolute atomic E-state index is 4.00. The highest BCUT2D eigenvalue weighted by Crippen LogP contribution is 2.53. The summed E-state index contributed by atoms with van der Waals surface area (Å²) in [5.74, 6) is 0. The number of fused-ring (bicyclic) bond motifs is 3. The maximum Gasteiger partial charge on any atom is 0.0946 e. The van der Waals surface area contributed by atoms with Crippen molar-refractivity contribution in [2.75, 3.05) is 0 Å². The normalized spacial score (nSPS) is 14.5. The van der Waals surface area contributed by atoms with Crippen LogP contribution in [0.5, 0.6) is 0 Å². The van der Waals surface area contributed by atoms with Gasteiger partial charge in [-0.2, -0.15) is 0 Å². The summed E-state index contributed by atoms with van der Waals surface area (Å²) in [6, 6.07) is 15.5. The molecule has 0 heterocycles. The fourth-order valence-electron chi connectivity index (χ4n) is 3.62. The number of alkyl halides is 2. The van der Waals surface area contributed by atoms with Gasteiger partial charge in [0.25, 0.3) is 0 Å². The Morgan fingerprint density at radius 2 is 1.55 bits per heavy atom. The Bertz CT molecular complexity index is 718. The highest BCUT2D eigenvalue weighted by atomic mass is 79.9. The van der Waals surface area contributed by atoms with Gasteiger partial charge in [-0.1, -0.05) is 86.5 Å². The van der Waals surface area contributed by atoms with E-state index in [0.717, 1.165) is 12.8 Å². The first-order valence-electron chi connectivity index (χ1n) is 7.38. The summed E-state index contributed by atoms with van der Waals surface area (Å²) in [4.78, 5) is 0. The van der Waals surface area contributed by atoms with Crippen LogP contribution in [-0.4, -0.2) is 0 Å². The molecule has 0 N–H and O–H groups in total. The second-order valence-electron chi connectivity index (χ2n) is 5.72. The van der Waals surface area contributed by atoms with Gasteiger partial charge < -0.3 is 0 Å². The minimum atomic E-state index is -0.0413. The third-order valence-electron chi connectivity index (χ3n) is 4.53. The fraction of sp³-hybridized carbons (Fsp3) is 0.200. The topological polar surface area (TPSA) is 0 Å². The van der Waals surface area contributed by atoms with Crippen molar-refractivity contribution in [1.29, 1.82) is 0 Å². The number of allylic oxidation sites excluding steroid dienone is 2. The highest BCUT2D eigenvalue weighted by Gasteiger charge is 2.41. The van der Waals surface area contributed by atoms with Crippen molar-refractivity contribution in [2.45, 2.75) is 22.0 Å².